The van der Waals surface area contributed by atoms with Crippen molar-refractivity contribution < 1.29 is 12.8 Å². The van der Waals surface area contributed by atoms with Gasteiger partial charge in [0.2, 0.25) is 25.8 Å². The summed E-state index contributed by atoms with van der Waals surface area (Å²) >= 11 is 4.70. The van der Waals surface area contributed by atoms with Gasteiger partial charge in [-0.3, -0.25) is 0 Å². The van der Waals surface area contributed by atoms with Gasteiger partial charge in [0, 0.05) is 15.8 Å². The summed E-state index contributed by atoms with van der Waals surface area (Å²) in [6.07, 6.45) is 0.906. The fourth-order valence-electron chi connectivity index (χ4n) is 2.29. The Balaban J connectivity index is 2.09. The second-order valence-electron chi connectivity index (χ2n) is 5.78. The summed E-state index contributed by atoms with van der Waals surface area (Å²) in [5.41, 5.74) is 1.87. The molecule has 0 aliphatic heterocycles. The highest BCUT2D eigenvalue weighted by Crippen LogP contribution is 2.35. The molecule has 0 saturated heterocycles. The van der Waals surface area contributed by atoms with Gasteiger partial charge in [0.1, 0.15) is 0 Å². The van der Waals surface area contributed by atoms with Crippen LogP contribution >= 0.6 is 27.7 Å². The fraction of sp³-hybridized carbons (Fsp3) is 0.211. The molecule has 0 fully saturated rings. The lowest BCUT2D eigenvalue weighted by Crippen LogP contribution is -2.04. The van der Waals surface area contributed by atoms with E-state index < -0.39 is 9.84 Å². The third-order valence-corrected chi connectivity index (χ3v) is 7.17. The number of nitrogens with zero attached hydrogens (tertiary/aromatic N) is 1. The molecule has 4 nitrogen and oxygen atoms in total. The van der Waals surface area contributed by atoms with Crippen LogP contribution in [-0.2, 0) is 9.84 Å². The quantitative estimate of drug-likeness (QED) is 0.446. The predicted octanol–water partition coefficient (Wildman–Crippen LogP) is 5.75. The zero-order valence-corrected chi connectivity index (χ0v) is 17.6. The van der Waals surface area contributed by atoms with Crippen LogP contribution in [0.4, 0.5) is 0 Å². The van der Waals surface area contributed by atoms with Crippen molar-refractivity contribution in [3.05, 3.63) is 58.6 Å². The molecule has 2 aromatic carbocycles. The molecule has 0 bridgehead atoms. The van der Waals surface area contributed by atoms with Crippen molar-refractivity contribution in [2.24, 2.45) is 0 Å². The van der Waals surface area contributed by atoms with E-state index in [0.717, 1.165) is 27.8 Å². The number of sulfone groups is 1. The second-order valence-corrected chi connectivity index (χ2v) is 9.63. The highest BCUT2D eigenvalue weighted by molar-refractivity contribution is 9.10. The first-order chi connectivity index (χ1) is 12.4. The van der Waals surface area contributed by atoms with Crippen LogP contribution in [0.3, 0.4) is 0 Å². The molecule has 0 spiro atoms. The van der Waals surface area contributed by atoms with Crippen molar-refractivity contribution in [3.63, 3.8) is 0 Å². The minimum absolute atomic E-state index is 0.0196. The molecule has 1 aromatic heterocycles. The highest BCUT2D eigenvalue weighted by Gasteiger charge is 2.28. The lowest BCUT2D eigenvalue weighted by atomic mass is 10.1. The van der Waals surface area contributed by atoms with Gasteiger partial charge in [-0.1, -0.05) is 52.3 Å². The van der Waals surface area contributed by atoms with Crippen molar-refractivity contribution in [3.8, 4) is 11.5 Å². The maximum atomic E-state index is 13.1. The van der Waals surface area contributed by atoms with Crippen molar-refractivity contribution in [2.45, 2.75) is 35.3 Å². The van der Waals surface area contributed by atoms with Crippen molar-refractivity contribution in [1.29, 1.82) is 0 Å². The predicted molar refractivity (Wildman–Crippen MR) is 107 cm³/mol. The average molecular weight is 452 g/mol. The summed E-state index contributed by atoms with van der Waals surface area (Å²) in [7, 11) is -3.76. The van der Waals surface area contributed by atoms with Crippen LogP contribution in [0.15, 0.2) is 72.4 Å². The summed E-state index contributed by atoms with van der Waals surface area (Å²) in [6, 6.07) is 14.2. The number of rotatable bonds is 6. The van der Waals surface area contributed by atoms with Crippen molar-refractivity contribution in [2.75, 3.05) is 5.75 Å². The second kappa shape index (κ2) is 7.98. The molecule has 3 rings (SSSR count). The number of hydrogen-bond donors (Lipinski definition) is 0. The van der Waals surface area contributed by atoms with E-state index >= 15 is 0 Å². The Morgan fingerprint density at radius 1 is 1.08 bits per heavy atom. The van der Waals surface area contributed by atoms with Crippen LogP contribution in [-0.4, -0.2) is 19.2 Å². The topological polar surface area (TPSA) is 60.2 Å². The third kappa shape index (κ3) is 4.05. The largest absolute Gasteiger partial charge is 0.428 e. The Bertz CT molecular complexity index is 994. The van der Waals surface area contributed by atoms with Crippen LogP contribution in [0, 0.1) is 6.92 Å². The first-order valence-corrected chi connectivity index (χ1v) is 11.4. The molecule has 7 heteroatoms. The summed E-state index contributed by atoms with van der Waals surface area (Å²) in [5, 5.41) is 0.319. The summed E-state index contributed by atoms with van der Waals surface area (Å²) in [5.74, 6) is 1.07. The van der Waals surface area contributed by atoms with Gasteiger partial charge in [0.25, 0.3) is 0 Å². The standard InChI is InChI=1S/C19H18BrNO3S2/c1-3-12-25-19-18(26(22,23)16-10-8-15(20)9-11-16)21-17(24-19)14-6-4-13(2)5-7-14/h4-11H,3,12H2,1-2H3. The van der Waals surface area contributed by atoms with E-state index in [1.807, 2.05) is 38.1 Å². The summed E-state index contributed by atoms with van der Waals surface area (Å²) in [4.78, 5) is 4.54. The highest BCUT2D eigenvalue weighted by atomic mass is 79.9. The molecular weight excluding hydrogens is 434 g/mol. The third-order valence-electron chi connectivity index (χ3n) is 3.68. The van der Waals surface area contributed by atoms with Gasteiger partial charge >= 0.3 is 0 Å². The maximum Gasteiger partial charge on any atom is 0.228 e. The van der Waals surface area contributed by atoms with E-state index in [2.05, 4.69) is 20.9 Å². The Labute approximate surface area is 166 Å². The molecule has 0 aliphatic carbocycles. The zero-order chi connectivity index (χ0) is 18.7. The van der Waals surface area contributed by atoms with Crippen LogP contribution in [0.1, 0.15) is 18.9 Å². The molecule has 136 valence electrons. The molecule has 3 aromatic rings. The molecule has 0 amide bonds. The minimum Gasteiger partial charge on any atom is -0.428 e. The first kappa shape index (κ1) is 19.2. The normalized spacial score (nSPS) is 11.7. The lowest BCUT2D eigenvalue weighted by molar-refractivity contribution is 0.470. The Morgan fingerprint density at radius 3 is 2.35 bits per heavy atom. The number of halogens is 1. The van der Waals surface area contributed by atoms with Crippen LogP contribution in [0.2, 0.25) is 0 Å². The summed E-state index contributed by atoms with van der Waals surface area (Å²) < 4.78 is 32.8. The Hall–Kier alpha value is -1.57. The number of oxazole rings is 1. The van der Waals surface area contributed by atoms with Gasteiger partial charge < -0.3 is 4.42 Å². The Morgan fingerprint density at radius 2 is 1.73 bits per heavy atom. The molecule has 0 aliphatic rings. The van der Waals surface area contributed by atoms with E-state index in [4.69, 9.17) is 4.42 Å². The van der Waals surface area contributed by atoms with E-state index in [1.165, 1.54) is 11.8 Å². The van der Waals surface area contributed by atoms with Gasteiger partial charge in [-0.2, -0.15) is 4.98 Å². The van der Waals surface area contributed by atoms with Crippen molar-refractivity contribution in [1.82, 2.24) is 4.98 Å². The molecule has 0 N–H and O–H groups in total. The number of hydrogen-bond acceptors (Lipinski definition) is 5. The van der Waals surface area contributed by atoms with Crippen LogP contribution < -0.4 is 0 Å². The maximum absolute atomic E-state index is 13.1. The van der Waals surface area contributed by atoms with Gasteiger partial charge in [0.05, 0.1) is 4.90 Å². The summed E-state index contributed by atoms with van der Waals surface area (Å²) in [6.45, 7) is 4.03. The van der Waals surface area contributed by atoms with E-state index in [1.54, 1.807) is 24.3 Å². The minimum atomic E-state index is -3.76. The molecule has 0 atom stereocenters. The molecule has 0 radical (unpaired) electrons. The van der Waals surface area contributed by atoms with Crippen LogP contribution in [0.5, 0.6) is 0 Å². The van der Waals surface area contributed by atoms with E-state index in [-0.39, 0.29) is 9.92 Å². The number of aromatic nitrogens is 1. The average Bonchev–Trinajstić information content (AvgIpc) is 3.06. The van der Waals surface area contributed by atoms with Gasteiger partial charge in [-0.05, 0) is 49.7 Å². The first-order valence-electron chi connectivity index (χ1n) is 8.13. The number of thioether (sulfide) groups is 1. The molecule has 26 heavy (non-hydrogen) atoms. The fourth-order valence-corrected chi connectivity index (χ4v) is 4.94. The lowest BCUT2D eigenvalue weighted by Gasteiger charge is -2.03. The van der Waals surface area contributed by atoms with E-state index in [9.17, 15) is 8.42 Å². The van der Waals surface area contributed by atoms with Crippen molar-refractivity contribution >= 4 is 37.5 Å². The van der Waals surface area contributed by atoms with Gasteiger partial charge in [0.15, 0.2) is 0 Å². The number of benzene rings is 2. The van der Waals surface area contributed by atoms with E-state index in [0.29, 0.717) is 11.0 Å². The zero-order valence-electron chi connectivity index (χ0n) is 14.4. The smallest absolute Gasteiger partial charge is 0.228 e. The van der Waals surface area contributed by atoms with Gasteiger partial charge in [-0.15, -0.1) is 0 Å². The van der Waals surface area contributed by atoms with Crippen LogP contribution in [0.25, 0.3) is 11.5 Å². The molecular formula is C19H18BrNO3S2. The monoisotopic (exact) mass is 451 g/mol. The molecule has 0 saturated carbocycles. The molecule has 0 unspecified atom stereocenters. The number of aryl methyl sites for hydroxylation is 1. The SMILES string of the molecule is CCCSc1oc(-c2ccc(C)cc2)nc1S(=O)(=O)c1ccc(Br)cc1. The van der Waals surface area contributed by atoms with Gasteiger partial charge in [-0.25, -0.2) is 8.42 Å². The Kier molecular flexibility index (Phi) is 5.89. The molecule has 1 heterocycles.